The SMILES string of the molecule is CCC(=O)NCCNC(=O)/N=C(/N)NCCC[C@@H](NC(=O)[C@@H](c1ccccc1)c1cccc(OCCCCNC(=O)NCCONC(=O)CN2CCN(CC(=O)O)CCN(CC(=O)O)CCN(CC(=O)O)CC2)c1)C(=O)NCc1c(F)cc(O)cc1F. The third-order valence-electron chi connectivity index (χ3n) is 13.2. The summed E-state index contributed by atoms with van der Waals surface area (Å²) in [6, 6.07) is 14.4. The van der Waals surface area contributed by atoms with Crippen molar-refractivity contribution in [3.05, 3.63) is 95.1 Å². The lowest BCUT2D eigenvalue weighted by Crippen LogP contribution is -2.49. The minimum Gasteiger partial charge on any atom is -0.508 e. The fraction of sp³-hybridized carbons (Fsp3) is 0.500. The van der Waals surface area contributed by atoms with Gasteiger partial charge in [-0.3, -0.25) is 58.0 Å². The van der Waals surface area contributed by atoms with Gasteiger partial charge in [0.15, 0.2) is 5.96 Å². The van der Waals surface area contributed by atoms with Crippen molar-refractivity contribution in [3.8, 4) is 11.5 Å². The number of hydrogen-bond donors (Lipinski definition) is 13. The number of nitrogens with zero attached hydrogens (tertiary/aromatic N) is 5. The van der Waals surface area contributed by atoms with Crippen LogP contribution in [0.25, 0.3) is 0 Å². The number of phenols is 1. The Bertz CT molecular complexity index is 2720. The Labute approximate surface area is 501 Å². The van der Waals surface area contributed by atoms with E-state index in [9.17, 15) is 72.4 Å². The Kier molecular flexibility index (Phi) is 31.7. The van der Waals surface area contributed by atoms with Gasteiger partial charge < -0.3 is 68.1 Å². The molecule has 87 heavy (non-hydrogen) atoms. The van der Waals surface area contributed by atoms with E-state index < -0.39 is 89.1 Å². The number of aromatic hydroxyl groups is 1. The average molecular weight is 1230 g/mol. The predicted octanol–water partition coefficient (Wildman–Crippen LogP) is -0.495. The lowest BCUT2D eigenvalue weighted by molar-refractivity contribution is -0.141. The number of guanidine groups is 1. The van der Waals surface area contributed by atoms with Gasteiger partial charge in [0.25, 0.3) is 5.91 Å². The van der Waals surface area contributed by atoms with Crippen molar-refractivity contribution in [3.63, 3.8) is 0 Å². The molecule has 0 bridgehead atoms. The molecular weight excluding hydrogens is 1150 g/mol. The summed E-state index contributed by atoms with van der Waals surface area (Å²) in [7, 11) is 0. The Balaban J connectivity index is 1.26. The first-order valence-corrected chi connectivity index (χ1v) is 28.3. The summed E-state index contributed by atoms with van der Waals surface area (Å²) in [5.41, 5.74) is 8.75. The first-order chi connectivity index (χ1) is 41.7. The highest BCUT2D eigenvalue weighted by atomic mass is 19.1. The highest BCUT2D eigenvalue weighted by molar-refractivity contribution is 5.93. The van der Waals surface area contributed by atoms with Crippen LogP contribution < -0.4 is 53.2 Å². The zero-order valence-corrected chi connectivity index (χ0v) is 48.5. The molecule has 4 rings (SSSR count). The lowest BCUT2D eigenvalue weighted by atomic mass is 9.90. The van der Waals surface area contributed by atoms with Crippen molar-refractivity contribution in [2.45, 2.75) is 57.5 Å². The topological polar surface area (TPSA) is 401 Å². The number of nitrogens with two attached hydrogens (primary N) is 1. The highest BCUT2D eigenvalue weighted by Gasteiger charge is 2.29. The van der Waals surface area contributed by atoms with Crippen LogP contribution >= 0.6 is 0 Å². The molecule has 0 aliphatic carbocycles. The Hall–Kier alpha value is -8.78. The van der Waals surface area contributed by atoms with Crippen LogP contribution in [0.15, 0.2) is 71.7 Å². The average Bonchev–Trinajstić information content (AvgIpc) is 3.67. The number of halogens is 2. The van der Waals surface area contributed by atoms with Crippen LogP contribution in [-0.4, -0.2) is 230 Å². The summed E-state index contributed by atoms with van der Waals surface area (Å²) in [5.74, 6) is -8.98. The summed E-state index contributed by atoms with van der Waals surface area (Å²) < 4.78 is 35.4. The summed E-state index contributed by atoms with van der Waals surface area (Å²) in [6.45, 7) is 2.63. The number of carbonyl (C=O) groups is 9. The second kappa shape index (κ2) is 39.0. The molecule has 2 atom stereocenters. The molecule has 3 aromatic carbocycles. The molecule has 1 fully saturated rings. The van der Waals surface area contributed by atoms with E-state index in [0.29, 0.717) is 41.9 Å². The number of nitrogens with one attached hydrogen (secondary N) is 8. The van der Waals surface area contributed by atoms with Gasteiger partial charge in [0, 0.05) is 116 Å². The summed E-state index contributed by atoms with van der Waals surface area (Å²) in [6.07, 6.45) is 1.45. The van der Waals surface area contributed by atoms with Crippen molar-refractivity contribution in [1.29, 1.82) is 0 Å². The maximum absolute atomic E-state index is 14.7. The number of rotatable bonds is 33. The molecule has 3 aromatic rings. The molecule has 31 heteroatoms. The van der Waals surface area contributed by atoms with E-state index in [1.165, 1.54) is 0 Å². The van der Waals surface area contributed by atoms with Crippen molar-refractivity contribution in [2.75, 3.05) is 124 Å². The van der Waals surface area contributed by atoms with E-state index in [0.717, 1.165) is 0 Å². The van der Waals surface area contributed by atoms with Crippen molar-refractivity contribution >= 4 is 59.6 Å². The number of ether oxygens (including phenoxy) is 1. The van der Waals surface area contributed by atoms with E-state index in [2.05, 4.69) is 47.7 Å². The Morgan fingerprint density at radius 3 is 1.74 bits per heavy atom. The summed E-state index contributed by atoms with van der Waals surface area (Å²) >= 11 is 0. The van der Waals surface area contributed by atoms with Gasteiger partial charge >= 0.3 is 30.0 Å². The molecular formula is C56H80F2N14O15. The first-order valence-electron chi connectivity index (χ1n) is 28.3. The van der Waals surface area contributed by atoms with Gasteiger partial charge in [0.05, 0.1) is 45.3 Å². The fourth-order valence-corrected chi connectivity index (χ4v) is 8.76. The number of carboxylic acid groups (broad SMARTS) is 3. The van der Waals surface area contributed by atoms with Crippen LogP contribution in [0.5, 0.6) is 11.5 Å². The third-order valence-corrected chi connectivity index (χ3v) is 13.2. The zero-order valence-electron chi connectivity index (χ0n) is 48.5. The number of carboxylic acids is 3. The second-order valence-corrected chi connectivity index (χ2v) is 20.0. The molecule has 0 unspecified atom stereocenters. The molecule has 1 saturated heterocycles. The van der Waals surface area contributed by atoms with Crippen LogP contribution in [0.3, 0.4) is 0 Å². The van der Waals surface area contributed by atoms with Gasteiger partial charge in [-0.05, 0) is 48.9 Å². The van der Waals surface area contributed by atoms with E-state index in [-0.39, 0.29) is 156 Å². The molecule has 1 aliphatic heterocycles. The second-order valence-electron chi connectivity index (χ2n) is 20.0. The maximum atomic E-state index is 14.7. The minimum atomic E-state index is -1.27. The Morgan fingerprint density at radius 2 is 1.15 bits per heavy atom. The molecule has 478 valence electrons. The summed E-state index contributed by atoms with van der Waals surface area (Å²) in [5, 5.41) is 56.4. The molecule has 0 aromatic heterocycles. The first kappa shape index (κ1) is 70.7. The molecule has 0 radical (unpaired) electrons. The van der Waals surface area contributed by atoms with E-state index in [1.807, 2.05) is 0 Å². The molecule has 1 heterocycles. The third kappa shape index (κ3) is 28.8. The predicted molar refractivity (Wildman–Crippen MR) is 311 cm³/mol. The van der Waals surface area contributed by atoms with Crippen LogP contribution in [0.1, 0.15) is 61.6 Å². The number of benzene rings is 3. The standard InChI is InChI=1S/C56H80F2N14O15/c1-2-46(74)60-17-18-63-56(85)67-54(59)61-16-9-14-45(52(82)65-33-42-43(57)31-40(73)32-44(42)58)66-53(83)51(38-10-4-3-5-11-38)39-12-8-13-41(30-39)86-28-7-6-15-62-55(84)64-19-29-87-68-47(75)34-69-20-22-70(35-48(76)77)24-26-72(37-50(80)81)27-25-71(23-21-69)36-49(78)79/h3-5,8,10-13,30-32,45,51,73H,2,6-7,9,14-29,33-37H2,1H3,(H,60,74)(H,65,82)(H,66,83)(H,68,75)(H,76,77)(H,78,79)(H,80,81)(H2,62,64,84)(H4,59,61,63,67,85)/t45-,51+/m1/s1. The van der Waals surface area contributed by atoms with Gasteiger partial charge in [-0.15, -0.1) is 0 Å². The van der Waals surface area contributed by atoms with Gasteiger partial charge in [-0.1, -0.05) is 49.4 Å². The van der Waals surface area contributed by atoms with Gasteiger partial charge in [-0.2, -0.15) is 4.99 Å². The van der Waals surface area contributed by atoms with E-state index >= 15 is 0 Å². The van der Waals surface area contributed by atoms with Crippen molar-refractivity contribution < 1.29 is 81.9 Å². The number of phenolic OH excluding ortho intramolecular Hbond substituents is 1. The van der Waals surface area contributed by atoms with E-state index in [4.69, 9.17) is 15.3 Å². The maximum Gasteiger partial charge on any atom is 0.344 e. The monoisotopic (exact) mass is 1230 g/mol. The minimum absolute atomic E-state index is 0.0259. The molecule has 8 amide bonds. The van der Waals surface area contributed by atoms with Crippen LogP contribution in [0, 0.1) is 11.6 Å². The number of hydroxylamine groups is 1. The van der Waals surface area contributed by atoms with Crippen molar-refractivity contribution in [2.24, 2.45) is 10.7 Å². The van der Waals surface area contributed by atoms with Gasteiger partial charge in [0.2, 0.25) is 17.7 Å². The Morgan fingerprint density at radius 1 is 0.598 bits per heavy atom. The number of amides is 8. The zero-order chi connectivity index (χ0) is 63.5. The number of carbonyl (C=O) groups excluding carboxylic acids is 6. The quantitative estimate of drug-likeness (QED) is 0.0158. The van der Waals surface area contributed by atoms with Gasteiger partial charge in [-0.25, -0.2) is 23.9 Å². The number of unbranched alkanes of at least 4 members (excludes halogenated alkanes) is 1. The van der Waals surface area contributed by atoms with E-state index in [1.54, 1.807) is 81.1 Å². The normalized spacial score (nSPS) is 14.6. The highest BCUT2D eigenvalue weighted by Crippen LogP contribution is 2.28. The van der Waals surface area contributed by atoms with Crippen molar-refractivity contribution in [1.82, 2.24) is 62.3 Å². The number of aliphatic carboxylic acids is 3. The fourth-order valence-electron chi connectivity index (χ4n) is 8.76. The van der Waals surface area contributed by atoms with Crippen LogP contribution in [0.4, 0.5) is 18.4 Å². The van der Waals surface area contributed by atoms with Crippen LogP contribution in [0.2, 0.25) is 0 Å². The lowest BCUT2D eigenvalue weighted by Gasteiger charge is -2.32. The number of hydrogen-bond acceptors (Lipinski definition) is 16. The molecule has 29 nitrogen and oxygen atoms in total. The molecule has 1 aliphatic rings. The number of aliphatic imine (C=N–C) groups is 1. The van der Waals surface area contributed by atoms with Crippen LogP contribution in [-0.2, 0) is 44.9 Å². The smallest absolute Gasteiger partial charge is 0.344 e. The largest absolute Gasteiger partial charge is 0.508 e. The number of urea groups is 2. The molecule has 0 spiro atoms. The van der Waals surface area contributed by atoms with Gasteiger partial charge in [0.1, 0.15) is 29.2 Å². The molecule has 0 saturated carbocycles. The molecule has 14 N–H and O–H groups in total. The summed E-state index contributed by atoms with van der Waals surface area (Å²) in [4.78, 5) is 128.